The fourth-order valence-corrected chi connectivity index (χ4v) is 3.95. The summed E-state index contributed by atoms with van der Waals surface area (Å²) in [7, 11) is 0. The van der Waals surface area contributed by atoms with Crippen LogP contribution in [0.5, 0.6) is 0 Å². The van der Waals surface area contributed by atoms with E-state index in [1.165, 1.54) is 0 Å². The SMILES string of the molecule is CC1CCN(C(=O)c2nc(C(=O)NCCN3CCOCC3)n3ccccc23)CC1. The van der Waals surface area contributed by atoms with Crippen molar-refractivity contribution in [2.75, 3.05) is 52.5 Å². The Morgan fingerprint density at radius 2 is 1.93 bits per heavy atom. The fourth-order valence-electron chi connectivity index (χ4n) is 3.95. The molecule has 8 heteroatoms. The van der Waals surface area contributed by atoms with E-state index in [1.54, 1.807) is 10.6 Å². The van der Waals surface area contributed by atoms with Gasteiger partial charge in [-0.1, -0.05) is 13.0 Å². The molecule has 0 saturated carbocycles. The first-order valence-electron chi connectivity index (χ1n) is 10.5. The summed E-state index contributed by atoms with van der Waals surface area (Å²) in [5.41, 5.74) is 1.04. The van der Waals surface area contributed by atoms with Gasteiger partial charge in [0.1, 0.15) is 0 Å². The van der Waals surface area contributed by atoms with Gasteiger partial charge in [-0.05, 0) is 30.9 Å². The molecule has 2 aliphatic rings. The third kappa shape index (κ3) is 4.43. The number of rotatable bonds is 5. The van der Waals surface area contributed by atoms with E-state index in [2.05, 4.69) is 22.1 Å². The van der Waals surface area contributed by atoms with E-state index in [0.717, 1.165) is 58.8 Å². The van der Waals surface area contributed by atoms with E-state index in [4.69, 9.17) is 4.74 Å². The quantitative estimate of drug-likeness (QED) is 0.819. The molecule has 2 saturated heterocycles. The summed E-state index contributed by atoms with van der Waals surface area (Å²) in [5.74, 6) is 0.556. The number of nitrogens with one attached hydrogen (secondary N) is 1. The van der Waals surface area contributed by atoms with E-state index >= 15 is 0 Å². The van der Waals surface area contributed by atoms with Crippen LogP contribution in [0.4, 0.5) is 0 Å². The average Bonchev–Trinajstić information content (AvgIpc) is 3.14. The lowest BCUT2D eigenvalue weighted by molar-refractivity contribution is 0.0383. The van der Waals surface area contributed by atoms with Crippen LogP contribution >= 0.6 is 0 Å². The van der Waals surface area contributed by atoms with Crippen molar-refractivity contribution < 1.29 is 14.3 Å². The number of ether oxygens (including phenoxy) is 1. The van der Waals surface area contributed by atoms with Gasteiger partial charge in [-0.3, -0.25) is 18.9 Å². The topological polar surface area (TPSA) is 79.2 Å². The lowest BCUT2D eigenvalue weighted by Crippen LogP contribution is -2.41. The predicted octanol–water partition coefficient (Wildman–Crippen LogP) is 1.27. The molecule has 0 unspecified atom stereocenters. The zero-order valence-corrected chi connectivity index (χ0v) is 17.0. The maximum atomic E-state index is 13.1. The molecule has 0 aromatic carbocycles. The monoisotopic (exact) mass is 399 g/mol. The van der Waals surface area contributed by atoms with E-state index < -0.39 is 0 Å². The number of likely N-dealkylation sites (tertiary alicyclic amines) is 1. The summed E-state index contributed by atoms with van der Waals surface area (Å²) in [6.45, 7) is 8.25. The molecule has 0 atom stereocenters. The number of hydrogen-bond donors (Lipinski definition) is 1. The minimum Gasteiger partial charge on any atom is -0.379 e. The number of piperidine rings is 1. The first-order valence-corrected chi connectivity index (χ1v) is 10.5. The molecule has 156 valence electrons. The second kappa shape index (κ2) is 8.92. The van der Waals surface area contributed by atoms with Crippen LogP contribution < -0.4 is 5.32 Å². The molecule has 2 aromatic heterocycles. The van der Waals surface area contributed by atoms with E-state index in [1.807, 2.05) is 23.1 Å². The van der Waals surface area contributed by atoms with Crippen molar-refractivity contribution in [3.8, 4) is 0 Å². The van der Waals surface area contributed by atoms with Crippen molar-refractivity contribution in [3.63, 3.8) is 0 Å². The van der Waals surface area contributed by atoms with Crippen molar-refractivity contribution in [2.24, 2.45) is 5.92 Å². The molecule has 29 heavy (non-hydrogen) atoms. The molecule has 8 nitrogen and oxygen atoms in total. The lowest BCUT2D eigenvalue weighted by Gasteiger charge is -2.29. The molecule has 0 aliphatic carbocycles. The van der Waals surface area contributed by atoms with Crippen LogP contribution in [0.3, 0.4) is 0 Å². The summed E-state index contributed by atoms with van der Waals surface area (Å²) in [4.78, 5) is 34.5. The number of imidazole rings is 1. The zero-order valence-electron chi connectivity index (χ0n) is 17.0. The largest absolute Gasteiger partial charge is 0.379 e. The highest BCUT2D eigenvalue weighted by Gasteiger charge is 2.27. The van der Waals surface area contributed by atoms with Crippen LogP contribution in [0.2, 0.25) is 0 Å². The minimum absolute atomic E-state index is 0.0898. The average molecular weight is 399 g/mol. The highest BCUT2D eigenvalue weighted by atomic mass is 16.5. The van der Waals surface area contributed by atoms with E-state index in [9.17, 15) is 9.59 Å². The summed E-state index contributed by atoms with van der Waals surface area (Å²) < 4.78 is 7.06. The van der Waals surface area contributed by atoms with Gasteiger partial charge >= 0.3 is 0 Å². The minimum atomic E-state index is -0.259. The Balaban J connectivity index is 1.48. The molecule has 0 spiro atoms. The molecule has 1 N–H and O–H groups in total. The van der Waals surface area contributed by atoms with Gasteiger partial charge in [-0.15, -0.1) is 0 Å². The van der Waals surface area contributed by atoms with Crippen LogP contribution in [0.25, 0.3) is 5.52 Å². The van der Waals surface area contributed by atoms with Crippen LogP contribution in [-0.2, 0) is 4.74 Å². The second-order valence-electron chi connectivity index (χ2n) is 7.92. The normalized spacial score (nSPS) is 18.9. The van der Waals surface area contributed by atoms with Gasteiger partial charge < -0.3 is 15.0 Å². The molecule has 2 fully saturated rings. The van der Waals surface area contributed by atoms with Gasteiger partial charge in [0.25, 0.3) is 11.8 Å². The molecule has 4 rings (SSSR count). The molecule has 4 heterocycles. The van der Waals surface area contributed by atoms with Gasteiger partial charge in [0.05, 0.1) is 18.7 Å². The Labute approximate surface area is 170 Å². The van der Waals surface area contributed by atoms with Crippen LogP contribution in [0, 0.1) is 5.92 Å². The van der Waals surface area contributed by atoms with Crippen LogP contribution in [0.15, 0.2) is 24.4 Å². The van der Waals surface area contributed by atoms with E-state index in [0.29, 0.717) is 23.7 Å². The number of morpholine rings is 1. The third-order valence-corrected chi connectivity index (χ3v) is 5.84. The Morgan fingerprint density at radius 3 is 2.69 bits per heavy atom. The van der Waals surface area contributed by atoms with Gasteiger partial charge in [0.2, 0.25) is 5.82 Å². The van der Waals surface area contributed by atoms with Crippen LogP contribution in [0.1, 0.15) is 40.9 Å². The fraction of sp³-hybridized carbons (Fsp3) is 0.571. The highest BCUT2D eigenvalue weighted by Crippen LogP contribution is 2.21. The number of pyridine rings is 1. The molecule has 2 aromatic rings. The molecule has 0 radical (unpaired) electrons. The molecule has 2 aliphatic heterocycles. The van der Waals surface area contributed by atoms with Crippen molar-refractivity contribution >= 4 is 17.3 Å². The standard InChI is InChI=1S/C21H29N5O3/c1-16-5-9-25(10-6-16)21(28)18-17-4-2-3-8-26(17)19(23-18)20(27)22-7-11-24-12-14-29-15-13-24/h2-4,8,16H,5-7,9-15H2,1H3,(H,22,27). The number of aromatic nitrogens is 2. The lowest BCUT2D eigenvalue weighted by atomic mass is 9.99. The summed E-state index contributed by atoms with van der Waals surface area (Å²) >= 11 is 0. The Hall–Kier alpha value is -2.45. The molecule has 0 bridgehead atoms. The number of fused-ring (bicyclic) bond motifs is 1. The zero-order chi connectivity index (χ0) is 20.2. The Bertz CT molecular complexity index is 866. The first kappa shape index (κ1) is 19.8. The summed E-state index contributed by atoms with van der Waals surface area (Å²) in [6.07, 6.45) is 3.80. The molecular formula is C21H29N5O3. The van der Waals surface area contributed by atoms with Crippen LogP contribution in [-0.4, -0.2) is 83.5 Å². The molecule has 2 amide bonds. The van der Waals surface area contributed by atoms with Crippen molar-refractivity contribution in [2.45, 2.75) is 19.8 Å². The smallest absolute Gasteiger partial charge is 0.287 e. The molecular weight excluding hydrogens is 370 g/mol. The maximum absolute atomic E-state index is 13.1. The number of amides is 2. The van der Waals surface area contributed by atoms with Crippen molar-refractivity contribution in [1.82, 2.24) is 24.5 Å². The first-order chi connectivity index (χ1) is 14.1. The number of carbonyl (C=O) groups is 2. The maximum Gasteiger partial charge on any atom is 0.287 e. The van der Waals surface area contributed by atoms with Gasteiger partial charge in [0.15, 0.2) is 5.69 Å². The Kier molecular flexibility index (Phi) is 6.10. The Morgan fingerprint density at radius 1 is 1.17 bits per heavy atom. The number of nitrogens with zero attached hydrogens (tertiary/aromatic N) is 4. The second-order valence-corrected chi connectivity index (χ2v) is 7.92. The predicted molar refractivity (Wildman–Crippen MR) is 109 cm³/mol. The van der Waals surface area contributed by atoms with Crippen molar-refractivity contribution in [1.29, 1.82) is 0 Å². The van der Waals surface area contributed by atoms with Gasteiger partial charge in [-0.2, -0.15) is 0 Å². The number of hydrogen-bond acceptors (Lipinski definition) is 5. The summed E-state index contributed by atoms with van der Waals surface area (Å²) in [6, 6.07) is 5.56. The van der Waals surface area contributed by atoms with Crippen molar-refractivity contribution in [3.05, 3.63) is 35.9 Å². The van der Waals surface area contributed by atoms with E-state index in [-0.39, 0.29) is 17.6 Å². The van der Waals surface area contributed by atoms with Gasteiger partial charge in [-0.25, -0.2) is 4.98 Å². The summed E-state index contributed by atoms with van der Waals surface area (Å²) in [5, 5.41) is 2.95. The van der Waals surface area contributed by atoms with Gasteiger partial charge in [0, 0.05) is 45.5 Å². The highest BCUT2D eigenvalue weighted by molar-refractivity contribution is 6.02. The number of carbonyl (C=O) groups excluding carboxylic acids is 2. The third-order valence-electron chi connectivity index (χ3n) is 5.84.